The lowest BCUT2D eigenvalue weighted by Gasteiger charge is -2.25. The first-order valence-electron chi connectivity index (χ1n) is 8.21. The fraction of sp³-hybridized carbons (Fsp3) is 0.688. The maximum Gasteiger partial charge on any atom is 0.153 e. The Labute approximate surface area is 131 Å². The van der Waals surface area contributed by atoms with Gasteiger partial charge in [-0.15, -0.1) is 0 Å². The number of nitrogens with zero attached hydrogens (tertiary/aromatic N) is 5. The highest BCUT2D eigenvalue weighted by molar-refractivity contribution is 5.03. The summed E-state index contributed by atoms with van der Waals surface area (Å²) in [7, 11) is 1.72. The van der Waals surface area contributed by atoms with Gasteiger partial charge in [0.05, 0.1) is 25.0 Å². The van der Waals surface area contributed by atoms with Crippen LogP contribution in [-0.4, -0.2) is 38.0 Å². The molecule has 0 aliphatic heterocycles. The van der Waals surface area contributed by atoms with Crippen LogP contribution in [0.2, 0.25) is 0 Å². The fourth-order valence-corrected chi connectivity index (χ4v) is 3.19. The lowest BCUT2D eigenvalue weighted by Crippen LogP contribution is -2.20. The lowest BCUT2D eigenvalue weighted by atomic mass is 9.95. The predicted octanol–water partition coefficient (Wildman–Crippen LogP) is 2.78. The molecule has 120 valence electrons. The van der Waals surface area contributed by atoms with Crippen LogP contribution in [0, 0.1) is 0 Å². The molecule has 0 spiro atoms. The predicted molar refractivity (Wildman–Crippen MR) is 83.8 cm³/mol. The Bertz CT molecular complexity index is 571. The SMILES string of the molecule is COCCc1nc(C(C)n2ccnc2)n(C2CCCCC2)n1. The van der Waals surface area contributed by atoms with Crippen LogP contribution >= 0.6 is 0 Å². The maximum absolute atomic E-state index is 5.17. The number of ether oxygens (including phenoxy) is 1. The van der Waals surface area contributed by atoms with E-state index in [9.17, 15) is 0 Å². The van der Waals surface area contributed by atoms with Crippen molar-refractivity contribution in [3.05, 3.63) is 30.4 Å². The highest BCUT2D eigenvalue weighted by atomic mass is 16.5. The zero-order chi connectivity index (χ0) is 15.4. The third-order valence-corrected chi connectivity index (χ3v) is 4.50. The van der Waals surface area contributed by atoms with E-state index in [0.29, 0.717) is 12.6 Å². The molecule has 0 saturated heterocycles. The van der Waals surface area contributed by atoms with Gasteiger partial charge in [0, 0.05) is 25.9 Å². The molecule has 6 nitrogen and oxygen atoms in total. The summed E-state index contributed by atoms with van der Waals surface area (Å²) in [4.78, 5) is 8.95. The van der Waals surface area contributed by atoms with Gasteiger partial charge in [-0.3, -0.25) is 0 Å². The molecule has 2 heterocycles. The summed E-state index contributed by atoms with van der Waals surface area (Å²) in [6, 6.07) is 0.631. The Morgan fingerprint density at radius 3 is 2.82 bits per heavy atom. The molecule has 1 saturated carbocycles. The molecular formula is C16H25N5O. The third-order valence-electron chi connectivity index (χ3n) is 4.50. The number of hydrogen-bond donors (Lipinski definition) is 0. The average Bonchev–Trinajstić information content (AvgIpc) is 3.23. The summed E-state index contributed by atoms with van der Waals surface area (Å²) < 4.78 is 9.43. The van der Waals surface area contributed by atoms with E-state index >= 15 is 0 Å². The summed E-state index contributed by atoms with van der Waals surface area (Å²) in [5, 5.41) is 4.79. The van der Waals surface area contributed by atoms with Crippen LogP contribution in [0.25, 0.3) is 0 Å². The van der Waals surface area contributed by atoms with Gasteiger partial charge in [0.1, 0.15) is 5.82 Å². The van der Waals surface area contributed by atoms with Gasteiger partial charge in [0.2, 0.25) is 0 Å². The monoisotopic (exact) mass is 303 g/mol. The summed E-state index contributed by atoms with van der Waals surface area (Å²) in [5.41, 5.74) is 0. The Morgan fingerprint density at radius 2 is 2.14 bits per heavy atom. The van der Waals surface area contributed by atoms with Crippen molar-refractivity contribution >= 4 is 0 Å². The first-order valence-corrected chi connectivity index (χ1v) is 8.21. The van der Waals surface area contributed by atoms with Gasteiger partial charge in [-0.2, -0.15) is 5.10 Å². The second kappa shape index (κ2) is 7.05. The molecule has 22 heavy (non-hydrogen) atoms. The number of hydrogen-bond acceptors (Lipinski definition) is 4. The van der Waals surface area contributed by atoms with Crippen molar-refractivity contribution in [1.29, 1.82) is 0 Å². The summed E-state index contributed by atoms with van der Waals surface area (Å²) in [6.45, 7) is 2.82. The van der Waals surface area contributed by atoms with E-state index in [0.717, 1.165) is 18.1 Å². The standard InChI is InChI=1S/C16H25N5O/c1-13(20-10-9-17-12-20)16-18-15(8-11-22-2)19-21(16)14-6-4-3-5-7-14/h9-10,12-14H,3-8,11H2,1-2H3. The van der Waals surface area contributed by atoms with Gasteiger partial charge in [-0.1, -0.05) is 19.3 Å². The van der Waals surface area contributed by atoms with Crippen LogP contribution in [0.3, 0.4) is 0 Å². The van der Waals surface area contributed by atoms with Crippen molar-refractivity contribution in [2.45, 2.75) is 57.5 Å². The molecule has 0 aromatic carbocycles. The molecule has 1 aliphatic rings. The molecule has 6 heteroatoms. The maximum atomic E-state index is 5.17. The van der Waals surface area contributed by atoms with Crippen LogP contribution in [0.15, 0.2) is 18.7 Å². The Kier molecular flexibility index (Phi) is 4.87. The van der Waals surface area contributed by atoms with Crippen molar-refractivity contribution < 1.29 is 4.74 Å². The van der Waals surface area contributed by atoms with Gasteiger partial charge in [-0.25, -0.2) is 14.6 Å². The van der Waals surface area contributed by atoms with E-state index in [-0.39, 0.29) is 6.04 Å². The number of imidazole rings is 1. The molecule has 0 amide bonds. The number of rotatable bonds is 6. The largest absolute Gasteiger partial charge is 0.384 e. The zero-order valence-corrected chi connectivity index (χ0v) is 13.5. The van der Waals surface area contributed by atoms with Crippen LogP contribution in [0.5, 0.6) is 0 Å². The van der Waals surface area contributed by atoms with Crippen LogP contribution in [0.4, 0.5) is 0 Å². The molecule has 1 fully saturated rings. The van der Waals surface area contributed by atoms with E-state index in [1.54, 1.807) is 7.11 Å². The molecule has 1 atom stereocenters. The van der Waals surface area contributed by atoms with Gasteiger partial charge in [-0.05, 0) is 19.8 Å². The molecule has 0 bridgehead atoms. The van der Waals surface area contributed by atoms with Gasteiger partial charge < -0.3 is 9.30 Å². The molecule has 2 aromatic rings. The number of methoxy groups -OCH3 is 1. The van der Waals surface area contributed by atoms with E-state index in [4.69, 9.17) is 14.8 Å². The van der Waals surface area contributed by atoms with E-state index < -0.39 is 0 Å². The van der Waals surface area contributed by atoms with Crippen molar-refractivity contribution in [2.75, 3.05) is 13.7 Å². The molecule has 2 aromatic heterocycles. The van der Waals surface area contributed by atoms with E-state index in [1.165, 1.54) is 32.1 Å². The first-order chi connectivity index (χ1) is 10.8. The van der Waals surface area contributed by atoms with Gasteiger partial charge in [0.25, 0.3) is 0 Å². The normalized spacial score (nSPS) is 17.7. The minimum Gasteiger partial charge on any atom is -0.384 e. The Balaban J connectivity index is 1.89. The Hall–Kier alpha value is -1.69. The van der Waals surface area contributed by atoms with E-state index in [2.05, 4.69) is 21.2 Å². The second-order valence-corrected chi connectivity index (χ2v) is 6.05. The smallest absolute Gasteiger partial charge is 0.153 e. The summed E-state index contributed by atoms with van der Waals surface area (Å²) >= 11 is 0. The lowest BCUT2D eigenvalue weighted by molar-refractivity contribution is 0.200. The molecular weight excluding hydrogens is 278 g/mol. The van der Waals surface area contributed by atoms with Gasteiger partial charge >= 0.3 is 0 Å². The number of aromatic nitrogens is 5. The van der Waals surface area contributed by atoms with Crippen molar-refractivity contribution in [3.8, 4) is 0 Å². The Morgan fingerprint density at radius 1 is 1.32 bits per heavy atom. The van der Waals surface area contributed by atoms with Crippen molar-refractivity contribution in [1.82, 2.24) is 24.3 Å². The van der Waals surface area contributed by atoms with E-state index in [1.807, 2.05) is 18.7 Å². The molecule has 0 radical (unpaired) electrons. The highest BCUT2D eigenvalue weighted by Gasteiger charge is 2.24. The van der Waals surface area contributed by atoms with Crippen molar-refractivity contribution in [3.63, 3.8) is 0 Å². The fourth-order valence-electron chi connectivity index (χ4n) is 3.19. The third kappa shape index (κ3) is 3.21. The first kappa shape index (κ1) is 15.2. The van der Waals surface area contributed by atoms with Gasteiger partial charge in [0.15, 0.2) is 5.82 Å². The second-order valence-electron chi connectivity index (χ2n) is 6.05. The summed E-state index contributed by atoms with van der Waals surface area (Å²) in [5.74, 6) is 1.92. The van der Waals surface area contributed by atoms with Crippen LogP contribution < -0.4 is 0 Å². The molecule has 1 aliphatic carbocycles. The molecule has 3 rings (SSSR count). The van der Waals surface area contributed by atoms with Crippen LogP contribution in [0.1, 0.15) is 62.8 Å². The molecule has 0 N–H and O–H groups in total. The zero-order valence-electron chi connectivity index (χ0n) is 13.5. The topological polar surface area (TPSA) is 57.8 Å². The van der Waals surface area contributed by atoms with Crippen molar-refractivity contribution in [2.24, 2.45) is 0 Å². The minimum atomic E-state index is 0.147. The molecule has 1 unspecified atom stereocenters. The quantitative estimate of drug-likeness (QED) is 0.823. The average molecular weight is 303 g/mol. The summed E-state index contributed by atoms with van der Waals surface area (Å²) in [6.07, 6.45) is 12.7. The highest BCUT2D eigenvalue weighted by Crippen LogP contribution is 2.30. The van der Waals surface area contributed by atoms with Crippen LogP contribution in [-0.2, 0) is 11.2 Å². The minimum absolute atomic E-state index is 0.147.